The van der Waals surface area contributed by atoms with Gasteiger partial charge in [0.2, 0.25) is 5.91 Å². The molecule has 1 unspecified atom stereocenters. The van der Waals surface area contributed by atoms with Gasteiger partial charge in [-0.2, -0.15) is 11.3 Å². The number of thiophene rings is 1. The van der Waals surface area contributed by atoms with Gasteiger partial charge in [-0.15, -0.1) is 11.6 Å². The van der Waals surface area contributed by atoms with E-state index >= 15 is 0 Å². The van der Waals surface area contributed by atoms with Crippen molar-refractivity contribution in [2.24, 2.45) is 17.1 Å². The normalized spacial score (nSPS) is 16.0. The largest absolute Gasteiger partial charge is 0.352 e. The summed E-state index contributed by atoms with van der Waals surface area (Å²) in [7, 11) is 0. The lowest BCUT2D eigenvalue weighted by Gasteiger charge is -2.40. The standard InChI is InChI=1S/C38H47ClN4O7S/c39-24-26-9-11-30(12-10-26)42-36(49)27(7-5-18-41-37(40)50)22-32(45)38(16-6-17-38)33(46)23-29(28-15-20-51-25-28)21-31(44)8-3-1-2-4-19-43-34(47)13-14-35(43)48/h9-15,20,25,27,29H,1-8,16-19,21-24H2,(H,42,49)(H3,40,41,50)/t27-,29?/m1/s1. The van der Waals surface area contributed by atoms with Crippen LogP contribution >= 0.6 is 22.9 Å². The second kappa shape index (κ2) is 19.4. The van der Waals surface area contributed by atoms with Crippen LogP contribution in [0.3, 0.4) is 0 Å². The fraction of sp³-hybridized carbons (Fsp3) is 0.500. The first-order chi connectivity index (χ1) is 24.5. The van der Waals surface area contributed by atoms with Crippen LogP contribution < -0.4 is 16.4 Å². The number of Topliss-reactive ketones (excluding diaryl/α,β-unsaturated/α-hetero) is 3. The molecule has 2 atom stereocenters. The minimum absolute atomic E-state index is 0.0440. The van der Waals surface area contributed by atoms with Crippen LogP contribution in [-0.2, 0) is 34.6 Å². The molecule has 1 aliphatic heterocycles. The molecule has 13 heteroatoms. The van der Waals surface area contributed by atoms with Gasteiger partial charge < -0.3 is 16.4 Å². The number of nitrogens with one attached hydrogen (secondary N) is 2. The van der Waals surface area contributed by atoms with Gasteiger partial charge in [-0.1, -0.05) is 31.4 Å². The van der Waals surface area contributed by atoms with Gasteiger partial charge in [-0.25, -0.2) is 4.79 Å². The van der Waals surface area contributed by atoms with Gasteiger partial charge in [0.15, 0.2) is 0 Å². The monoisotopic (exact) mass is 738 g/mol. The molecule has 1 aromatic carbocycles. The molecule has 0 radical (unpaired) electrons. The fourth-order valence-electron chi connectivity index (χ4n) is 6.68. The average molecular weight is 739 g/mol. The molecular formula is C38H47ClN4O7S. The number of alkyl halides is 1. The minimum atomic E-state index is -1.18. The Morgan fingerprint density at radius 1 is 0.882 bits per heavy atom. The number of nitrogens with zero attached hydrogens (tertiary/aromatic N) is 1. The molecule has 1 aromatic heterocycles. The lowest BCUT2D eigenvalue weighted by molar-refractivity contribution is -0.148. The summed E-state index contributed by atoms with van der Waals surface area (Å²) in [5.41, 5.74) is 6.37. The van der Waals surface area contributed by atoms with E-state index in [1.807, 2.05) is 16.8 Å². The first kappa shape index (κ1) is 39.6. The van der Waals surface area contributed by atoms with Crippen LogP contribution in [0.5, 0.6) is 0 Å². The fourth-order valence-corrected chi connectivity index (χ4v) is 7.60. The number of nitrogens with two attached hydrogens (primary N) is 1. The summed E-state index contributed by atoms with van der Waals surface area (Å²) in [6.07, 6.45) is 8.21. The third-order valence-electron chi connectivity index (χ3n) is 9.89. The number of urea groups is 1. The third kappa shape index (κ3) is 11.4. The third-order valence-corrected chi connectivity index (χ3v) is 10.9. The highest BCUT2D eigenvalue weighted by Gasteiger charge is 2.50. The number of anilines is 1. The zero-order valence-electron chi connectivity index (χ0n) is 28.8. The highest BCUT2D eigenvalue weighted by Crippen LogP contribution is 2.47. The molecule has 4 N–H and O–H groups in total. The van der Waals surface area contributed by atoms with E-state index in [9.17, 15) is 33.6 Å². The lowest BCUT2D eigenvalue weighted by atomic mass is 9.60. The van der Waals surface area contributed by atoms with Gasteiger partial charge in [-0.05, 0) is 84.5 Å². The molecule has 274 valence electrons. The van der Waals surface area contributed by atoms with Crippen molar-refractivity contribution < 1.29 is 33.6 Å². The molecule has 1 aliphatic carbocycles. The molecule has 2 heterocycles. The molecule has 0 spiro atoms. The molecule has 51 heavy (non-hydrogen) atoms. The zero-order chi connectivity index (χ0) is 36.8. The minimum Gasteiger partial charge on any atom is -0.352 e. The van der Waals surface area contributed by atoms with Crippen LogP contribution in [0.4, 0.5) is 10.5 Å². The molecule has 5 amide bonds. The van der Waals surface area contributed by atoms with Crippen LogP contribution in [0.15, 0.2) is 53.2 Å². The number of hydrogen-bond donors (Lipinski definition) is 3. The Bertz CT molecular complexity index is 1570. The maximum atomic E-state index is 14.0. The second-order valence-corrected chi connectivity index (χ2v) is 14.5. The van der Waals surface area contributed by atoms with Crippen LogP contribution in [0, 0.1) is 11.3 Å². The maximum absolute atomic E-state index is 14.0. The average Bonchev–Trinajstić information content (AvgIpc) is 3.73. The number of rotatable bonds is 23. The Balaban J connectivity index is 1.34. The molecule has 0 saturated heterocycles. The van der Waals surface area contributed by atoms with Gasteiger partial charge in [0.1, 0.15) is 17.3 Å². The van der Waals surface area contributed by atoms with Crippen LogP contribution in [-0.4, -0.2) is 59.1 Å². The number of halogens is 1. The Labute approximate surface area is 307 Å². The summed E-state index contributed by atoms with van der Waals surface area (Å²) in [6, 6.07) is 8.34. The molecule has 1 fully saturated rings. The van der Waals surface area contributed by atoms with Crippen LogP contribution in [0.25, 0.3) is 0 Å². The van der Waals surface area contributed by atoms with Crippen molar-refractivity contribution in [2.75, 3.05) is 18.4 Å². The number of carbonyl (C=O) groups excluding carboxylic acids is 7. The summed E-state index contributed by atoms with van der Waals surface area (Å²) in [6.45, 7) is 0.610. The predicted molar refractivity (Wildman–Crippen MR) is 196 cm³/mol. The topological polar surface area (TPSA) is 173 Å². The van der Waals surface area contributed by atoms with Crippen LogP contribution in [0.2, 0.25) is 0 Å². The molecule has 11 nitrogen and oxygen atoms in total. The number of carbonyl (C=O) groups is 7. The molecule has 4 rings (SSSR count). The lowest BCUT2D eigenvalue weighted by Crippen LogP contribution is -2.47. The summed E-state index contributed by atoms with van der Waals surface area (Å²) in [5, 5.41) is 9.25. The van der Waals surface area contributed by atoms with E-state index in [2.05, 4.69) is 10.6 Å². The molecule has 2 aromatic rings. The number of amides is 5. The van der Waals surface area contributed by atoms with Crippen molar-refractivity contribution in [3.8, 4) is 0 Å². The maximum Gasteiger partial charge on any atom is 0.312 e. The number of unbranched alkanes of at least 4 members (excludes halogenated alkanes) is 3. The van der Waals surface area contributed by atoms with Crippen molar-refractivity contribution in [2.45, 2.75) is 95.3 Å². The van der Waals surface area contributed by atoms with Gasteiger partial charge >= 0.3 is 6.03 Å². The predicted octanol–water partition coefficient (Wildman–Crippen LogP) is 6.20. The van der Waals surface area contributed by atoms with Gasteiger partial charge in [0.05, 0.1) is 5.41 Å². The number of ketones is 3. The van der Waals surface area contributed by atoms with Crippen LogP contribution in [0.1, 0.15) is 101 Å². The SMILES string of the molecule is NC(=O)NCCC[C@H](CC(=O)C1(C(=O)CC(CC(=O)CCCCCCN2C(=O)C=CC2=O)c2ccsc2)CCC1)C(=O)Nc1ccc(CCl)cc1. The van der Waals surface area contributed by atoms with Gasteiger partial charge in [0, 0.05) is 68.4 Å². The number of primary amides is 1. The van der Waals surface area contributed by atoms with E-state index in [1.165, 1.54) is 28.4 Å². The molecule has 2 aliphatic rings. The Kier molecular flexibility index (Phi) is 15.1. The number of hydrogen-bond acceptors (Lipinski definition) is 8. The zero-order valence-corrected chi connectivity index (χ0v) is 30.4. The highest BCUT2D eigenvalue weighted by atomic mass is 35.5. The van der Waals surface area contributed by atoms with E-state index in [1.54, 1.807) is 24.3 Å². The summed E-state index contributed by atoms with van der Waals surface area (Å²) < 4.78 is 0. The van der Waals surface area contributed by atoms with Gasteiger partial charge in [0.25, 0.3) is 11.8 Å². The Morgan fingerprint density at radius 2 is 1.57 bits per heavy atom. The Morgan fingerprint density at radius 3 is 2.18 bits per heavy atom. The van der Waals surface area contributed by atoms with Crippen molar-refractivity contribution in [3.63, 3.8) is 0 Å². The van der Waals surface area contributed by atoms with E-state index in [-0.39, 0.29) is 66.8 Å². The van der Waals surface area contributed by atoms with E-state index in [4.69, 9.17) is 17.3 Å². The second-order valence-electron chi connectivity index (χ2n) is 13.5. The quantitative estimate of drug-likeness (QED) is 0.0527. The number of imide groups is 1. The van der Waals surface area contributed by atoms with Crippen molar-refractivity contribution in [3.05, 3.63) is 64.4 Å². The molecular weight excluding hydrogens is 692 g/mol. The first-order valence-corrected chi connectivity index (χ1v) is 19.1. The summed E-state index contributed by atoms with van der Waals surface area (Å²) in [5.74, 6) is -2.08. The first-order valence-electron chi connectivity index (χ1n) is 17.7. The highest BCUT2D eigenvalue weighted by molar-refractivity contribution is 7.08. The smallest absolute Gasteiger partial charge is 0.312 e. The molecule has 1 saturated carbocycles. The Hall–Kier alpha value is -4.16. The van der Waals surface area contributed by atoms with Crippen molar-refractivity contribution in [1.82, 2.24) is 10.2 Å². The van der Waals surface area contributed by atoms with E-state index in [0.717, 1.165) is 30.4 Å². The molecule has 0 bridgehead atoms. The van der Waals surface area contributed by atoms with E-state index in [0.29, 0.717) is 63.1 Å². The summed E-state index contributed by atoms with van der Waals surface area (Å²) in [4.78, 5) is 90.5. The van der Waals surface area contributed by atoms with Crippen molar-refractivity contribution in [1.29, 1.82) is 0 Å². The van der Waals surface area contributed by atoms with Gasteiger partial charge in [-0.3, -0.25) is 33.7 Å². The summed E-state index contributed by atoms with van der Waals surface area (Å²) >= 11 is 7.38. The number of benzene rings is 1. The van der Waals surface area contributed by atoms with Crippen molar-refractivity contribution >= 4 is 69.7 Å². The van der Waals surface area contributed by atoms with E-state index < -0.39 is 17.4 Å².